The third kappa shape index (κ3) is 1.98. The van der Waals surface area contributed by atoms with E-state index in [-0.39, 0.29) is 6.02 Å². The first-order valence-corrected chi connectivity index (χ1v) is 3.44. The highest BCUT2D eigenvalue weighted by molar-refractivity contribution is 7.77. The molecule has 1 atom stereocenters. The number of hydrogen-bond donors (Lipinski definition) is 2. The van der Waals surface area contributed by atoms with E-state index in [9.17, 15) is 4.21 Å². The van der Waals surface area contributed by atoms with Crippen molar-refractivity contribution in [3.8, 4) is 0 Å². The fourth-order valence-electron chi connectivity index (χ4n) is 0.472. The van der Waals surface area contributed by atoms with Gasteiger partial charge in [-0.25, -0.2) is 13.9 Å². The van der Waals surface area contributed by atoms with E-state index in [1.807, 2.05) is 0 Å². The molecule has 9 heavy (non-hydrogen) atoms. The molecule has 0 aromatic heterocycles. The zero-order valence-corrected chi connectivity index (χ0v) is 5.35. The molecular formula is C3H6N2O3S. The van der Waals surface area contributed by atoms with Crippen LogP contribution in [0.3, 0.4) is 0 Å². The molecule has 1 rings (SSSR count). The van der Waals surface area contributed by atoms with Crippen molar-refractivity contribution in [1.29, 1.82) is 0 Å². The Morgan fingerprint density at radius 3 is 3.11 bits per heavy atom. The summed E-state index contributed by atoms with van der Waals surface area (Å²) in [5.41, 5.74) is 0. The number of nitrogens with one attached hydrogen (secondary N) is 1. The minimum absolute atomic E-state index is 0.149. The standard InChI is InChI=1S/C3H6N2O3S/c6-9(7)5-3-4-1-2-8-3/h1-2H2,(H,4,5)(H,6,7). The molecule has 0 saturated heterocycles. The number of ether oxygens (including phenoxy) is 1. The topological polar surface area (TPSA) is 70.9 Å². The number of aliphatic imine (C=N–C) groups is 1. The molecule has 1 aliphatic heterocycles. The Labute approximate surface area is 54.5 Å². The Kier molecular flexibility index (Phi) is 2.01. The van der Waals surface area contributed by atoms with Gasteiger partial charge in [-0.15, -0.1) is 0 Å². The molecule has 0 spiro atoms. The average molecular weight is 150 g/mol. The molecule has 6 heteroatoms. The Morgan fingerprint density at radius 2 is 2.67 bits per heavy atom. The highest BCUT2D eigenvalue weighted by atomic mass is 32.2. The molecule has 0 bridgehead atoms. The number of hydrogen-bond acceptors (Lipinski definition) is 3. The molecule has 0 aromatic carbocycles. The number of nitrogens with zero attached hydrogens (tertiary/aromatic N) is 1. The van der Waals surface area contributed by atoms with Gasteiger partial charge < -0.3 is 4.74 Å². The van der Waals surface area contributed by atoms with Crippen molar-refractivity contribution in [2.75, 3.05) is 13.2 Å². The fourth-order valence-corrected chi connectivity index (χ4v) is 0.744. The molecule has 1 heterocycles. The molecular weight excluding hydrogens is 144 g/mol. The molecule has 1 unspecified atom stereocenters. The third-order valence-electron chi connectivity index (χ3n) is 0.760. The Morgan fingerprint density at radius 1 is 1.89 bits per heavy atom. The average Bonchev–Trinajstić information content (AvgIpc) is 2.15. The van der Waals surface area contributed by atoms with Crippen LogP contribution in [0.1, 0.15) is 0 Å². The van der Waals surface area contributed by atoms with E-state index < -0.39 is 11.3 Å². The zero-order valence-electron chi connectivity index (χ0n) is 4.53. The molecule has 0 fully saturated rings. The van der Waals surface area contributed by atoms with Gasteiger partial charge in [0.25, 0.3) is 17.3 Å². The zero-order chi connectivity index (χ0) is 6.69. The summed E-state index contributed by atoms with van der Waals surface area (Å²) in [7, 11) is 0. The van der Waals surface area contributed by atoms with Crippen LogP contribution >= 0.6 is 0 Å². The van der Waals surface area contributed by atoms with Crippen LogP contribution in [-0.2, 0) is 16.0 Å². The van der Waals surface area contributed by atoms with E-state index in [1.54, 1.807) is 0 Å². The van der Waals surface area contributed by atoms with Crippen LogP contribution in [0.5, 0.6) is 0 Å². The fraction of sp³-hybridized carbons (Fsp3) is 0.667. The summed E-state index contributed by atoms with van der Waals surface area (Å²) < 4.78 is 25.1. The van der Waals surface area contributed by atoms with Gasteiger partial charge in [0.05, 0.1) is 6.54 Å². The second-order valence-corrected chi connectivity index (χ2v) is 2.09. The highest BCUT2D eigenvalue weighted by Gasteiger charge is 2.07. The van der Waals surface area contributed by atoms with Crippen LogP contribution in [0.15, 0.2) is 4.99 Å². The van der Waals surface area contributed by atoms with Crippen molar-refractivity contribution in [3.63, 3.8) is 0 Å². The maximum atomic E-state index is 9.99. The normalized spacial score (nSPS) is 20.3. The number of amidine groups is 1. The van der Waals surface area contributed by atoms with Crippen LogP contribution < -0.4 is 4.72 Å². The van der Waals surface area contributed by atoms with Gasteiger partial charge in [0.2, 0.25) is 0 Å². The SMILES string of the molecule is O=S(O)NC1=NCCO1. The van der Waals surface area contributed by atoms with Gasteiger partial charge in [-0.05, 0) is 0 Å². The van der Waals surface area contributed by atoms with Gasteiger partial charge in [-0.2, -0.15) is 0 Å². The lowest BCUT2D eigenvalue weighted by atomic mass is 10.8. The first-order valence-electron chi connectivity index (χ1n) is 2.34. The largest absolute Gasteiger partial charge is 0.463 e. The quantitative estimate of drug-likeness (QED) is 0.476. The molecule has 1 aliphatic rings. The molecule has 2 N–H and O–H groups in total. The van der Waals surface area contributed by atoms with E-state index in [0.717, 1.165) is 0 Å². The summed E-state index contributed by atoms with van der Waals surface area (Å²) in [4.78, 5) is 3.71. The van der Waals surface area contributed by atoms with E-state index in [1.165, 1.54) is 0 Å². The first kappa shape index (κ1) is 6.50. The lowest BCUT2D eigenvalue weighted by molar-refractivity contribution is 0.338. The molecule has 52 valence electrons. The highest BCUT2D eigenvalue weighted by Crippen LogP contribution is 1.89. The Balaban J connectivity index is 2.35. The van der Waals surface area contributed by atoms with Crippen molar-refractivity contribution in [2.45, 2.75) is 0 Å². The van der Waals surface area contributed by atoms with Crippen LogP contribution in [0.25, 0.3) is 0 Å². The maximum absolute atomic E-state index is 9.99. The smallest absolute Gasteiger partial charge is 0.298 e. The van der Waals surface area contributed by atoms with Crippen LogP contribution in [0.2, 0.25) is 0 Å². The maximum Gasteiger partial charge on any atom is 0.298 e. The van der Waals surface area contributed by atoms with Crippen molar-refractivity contribution in [1.82, 2.24) is 4.72 Å². The second-order valence-electron chi connectivity index (χ2n) is 1.39. The summed E-state index contributed by atoms with van der Waals surface area (Å²) in [5.74, 6) is 0. The Bertz CT molecular complexity index is 157. The van der Waals surface area contributed by atoms with Gasteiger partial charge in [0.15, 0.2) is 0 Å². The lowest BCUT2D eigenvalue weighted by Crippen LogP contribution is -2.24. The molecule has 5 nitrogen and oxygen atoms in total. The van der Waals surface area contributed by atoms with Crippen LogP contribution in [-0.4, -0.2) is 27.9 Å². The minimum Gasteiger partial charge on any atom is -0.463 e. The number of rotatable bonds is 1. The third-order valence-corrected chi connectivity index (χ3v) is 1.11. The summed E-state index contributed by atoms with van der Waals surface area (Å²) >= 11 is -2.06. The van der Waals surface area contributed by atoms with Gasteiger partial charge in [-0.3, -0.25) is 4.55 Å². The second kappa shape index (κ2) is 2.79. The van der Waals surface area contributed by atoms with Crippen LogP contribution in [0, 0.1) is 0 Å². The molecule has 0 radical (unpaired) electrons. The first-order chi connectivity index (χ1) is 4.29. The lowest BCUT2D eigenvalue weighted by Gasteiger charge is -1.97. The van der Waals surface area contributed by atoms with Crippen molar-refractivity contribution in [2.24, 2.45) is 4.99 Å². The monoisotopic (exact) mass is 150 g/mol. The van der Waals surface area contributed by atoms with E-state index >= 15 is 0 Å². The summed E-state index contributed by atoms with van der Waals surface area (Å²) in [6, 6.07) is 0.149. The molecule has 0 aliphatic carbocycles. The summed E-state index contributed by atoms with van der Waals surface area (Å²) in [6.07, 6.45) is 0. The van der Waals surface area contributed by atoms with Gasteiger partial charge >= 0.3 is 0 Å². The van der Waals surface area contributed by atoms with Gasteiger partial charge in [-0.1, -0.05) is 0 Å². The van der Waals surface area contributed by atoms with E-state index in [0.29, 0.717) is 13.2 Å². The Hall–Kier alpha value is -0.620. The van der Waals surface area contributed by atoms with Gasteiger partial charge in [0.1, 0.15) is 6.61 Å². The van der Waals surface area contributed by atoms with Crippen LogP contribution in [0.4, 0.5) is 0 Å². The predicted molar refractivity (Wildman–Crippen MR) is 32.2 cm³/mol. The van der Waals surface area contributed by atoms with Crippen molar-refractivity contribution >= 4 is 17.3 Å². The summed E-state index contributed by atoms with van der Waals surface area (Å²) in [6.45, 7) is 1.04. The van der Waals surface area contributed by atoms with Crippen molar-refractivity contribution < 1.29 is 13.5 Å². The van der Waals surface area contributed by atoms with Gasteiger partial charge in [0, 0.05) is 0 Å². The minimum atomic E-state index is -2.06. The molecule has 0 saturated carbocycles. The molecule has 0 amide bonds. The van der Waals surface area contributed by atoms with Crippen molar-refractivity contribution in [3.05, 3.63) is 0 Å². The van der Waals surface area contributed by atoms with E-state index in [4.69, 9.17) is 9.29 Å². The molecule has 0 aromatic rings. The predicted octanol–water partition coefficient (Wildman–Crippen LogP) is -0.901. The summed E-state index contributed by atoms with van der Waals surface area (Å²) in [5, 5.41) is 0. The van der Waals surface area contributed by atoms with E-state index in [2.05, 4.69) is 9.71 Å².